The van der Waals surface area contributed by atoms with E-state index in [9.17, 15) is 19.5 Å². The summed E-state index contributed by atoms with van der Waals surface area (Å²) in [4.78, 5) is 36.1. The van der Waals surface area contributed by atoms with Crippen LogP contribution in [-0.2, 0) is 23.9 Å². The van der Waals surface area contributed by atoms with Crippen LogP contribution in [0.3, 0.4) is 0 Å². The molecule has 2 aliphatic rings. The van der Waals surface area contributed by atoms with Gasteiger partial charge in [0.15, 0.2) is 11.9 Å². The summed E-state index contributed by atoms with van der Waals surface area (Å²) < 4.78 is 10.4. The summed E-state index contributed by atoms with van der Waals surface area (Å²) in [7, 11) is 0. The van der Waals surface area contributed by atoms with Crippen LogP contribution in [0.25, 0.3) is 0 Å². The van der Waals surface area contributed by atoms with Gasteiger partial charge in [-0.2, -0.15) is 0 Å². The quantitative estimate of drug-likeness (QED) is 0.767. The molecule has 2 aliphatic carbocycles. The number of Topliss-reactive ketones (excluding diaryl/α,β-unsaturated/α-hetero) is 1. The Bertz CT molecular complexity index is 593. The number of carbonyl (C=O) groups excluding carboxylic acids is 3. The van der Waals surface area contributed by atoms with Crippen molar-refractivity contribution in [2.45, 2.75) is 78.9 Å². The monoisotopic (exact) mass is 368 g/mol. The van der Waals surface area contributed by atoms with Crippen LogP contribution in [-0.4, -0.2) is 41.1 Å². The standard InChI is InChI=1S/C20H32O6/c1-12(21)25-11-8-14-19(5)10-7-9-18(3,4)16(19)15(23)17(20(14,6)24)26-13(2)22/h14,16-17,24H,7-11H2,1-6H3/t14-,16+,17-,19-,20+/m1/s1. The Kier molecular flexibility index (Phi) is 5.58. The Morgan fingerprint density at radius 3 is 2.27 bits per heavy atom. The van der Waals surface area contributed by atoms with E-state index in [1.807, 2.05) is 6.92 Å². The number of ketones is 1. The first-order valence-electron chi connectivity index (χ1n) is 9.40. The average Bonchev–Trinajstić information content (AvgIpc) is 2.45. The molecule has 0 aromatic heterocycles. The van der Waals surface area contributed by atoms with Crippen LogP contribution in [0.2, 0.25) is 0 Å². The predicted octanol–water partition coefficient (Wildman–Crippen LogP) is 2.65. The largest absolute Gasteiger partial charge is 0.466 e. The third-order valence-corrected chi connectivity index (χ3v) is 6.55. The molecule has 0 heterocycles. The van der Waals surface area contributed by atoms with Crippen LogP contribution in [0.1, 0.15) is 67.2 Å². The summed E-state index contributed by atoms with van der Waals surface area (Å²) in [6.07, 6.45) is 1.90. The zero-order valence-electron chi connectivity index (χ0n) is 16.8. The first-order valence-corrected chi connectivity index (χ1v) is 9.40. The van der Waals surface area contributed by atoms with Crippen LogP contribution >= 0.6 is 0 Å². The van der Waals surface area contributed by atoms with Gasteiger partial charge < -0.3 is 14.6 Å². The second-order valence-corrected chi connectivity index (χ2v) is 9.08. The highest BCUT2D eigenvalue weighted by Gasteiger charge is 2.66. The Balaban J connectivity index is 2.48. The molecule has 0 saturated heterocycles. The van der Waals surface area contributed by atoms with Crippen molar-refractivity contribution in [2.24, 2.45) is 22.7 Å². The molecule has 0 unspecified atom stereocenters. The molecule has 0 amide bonds. The minimum absolute atomic E-state index is 0.167. The normalized spacial score (nSPS) is 39.0. The SMILES string of the molecule is CC(=O)OCC[C@H]1[C@](C)(O)[C@H](OC(C)=O)C(=O)[C@H]2C(C)(C)CCC[C@@]21C. The van der Waals surface area contributed by atoms with Gasteiger partial charge in [-0.1, -0.05) is 27.2 Å². The summed E-state index contributed by atoms with van der Waals surface area (Å²) in [6.45, 7) is 10.5. The summed E-state index contributed by atoms with van der Waals surface area (Å²) in [5.74, 6) is -1.81. The molecule has 0 radical (unpaired) electrons. The molecule has 2 saturated carbocycles. The van der Waals surface area contributed by atoms with Crippen molar-refractivity contribution in [2.75, 3.05) is 6.61 Å². The molecular formula is C20H32O6. The highest BCUT2D eigenvalue weighted by atomic mass is 16.6. The Hall–Kier alpha value is -1.43. The number of hydrogen-bond acceptors (Lipinski definition) is 6. The molecule has 1 N–H and O–H groups in total. The summed E-state index contributed by atoms with van der Waals surface area (Å²) in [6, 6.07) is 0. The van der Waals surface area contributed by atoms with E-state index in [2.05, 4.69) is 13.8 Å². The number of carbonyl (C=O) groups is 3. The minimum Gasteiger partial charge on any atom is -0.466 e. The molecule has 148 valence electrons. The fourth-order valence-electron chi connectivity index (χ4n) is 5.77. The van der Waals surface area contributed by atoms with Crippen LogP contribution in [0.5, 0.6) is 0 Å². The Morgan fingerprint density at radius 2 is 1.73 bits per heavy atom. The van der Waals surface area contributed by atoms with Crippen molar-refractivity contribution in [3.8, 4) is 0 Å². The number of hydrogen-bond donors (Lipinski definition) is 1. The lowest BCUT2D eigenvalue weighted by atomic mass is 9.44. The molecule has 2 fully saturated rings. The molecule has 2 rings (SSSR count). The van der Waals surface area contributed by atoms with Gasteiger partial charge in [-0.05, 0) is 37.0 Å². The number of fused-ring (bicyclic) bond motifs is 1. The molecule has 6 nitrogen and oxygen atoms in total. The second-order valence-electron chi connectivity index (χ2n) is 9.08. The lowest BCUT2D eigenvalue weighted by Crippen LogP contribution is -2.69. The van der Waals surface area contributed by atoms with Crippen LogP contribution in [0.15, 0.2) is 0 Å². The van der Waals surface area contributed by atoms with Gasteiger partial charge in [-0.3, -0.25) is 14.4 Å². The molecule has 0 aliphatic heterocycles. The zero-order valence-corrected chi connectivity index (χ0v) is 16.8. The number of rotatable bonds is 4. The molecule has 0 spiro atoms. The van der Waals surface area contributed by atoms with Crippen LogP contribution in [0, 0.1) is 22.7 Å². The number of esters is 2. The minimum atomic E-state index is -1.51. The van der Waals surface area contributed by atoms with E-state index >= 15 is 0 Å². The van der Waals surface area contributed by atoms with Gasteiger partial charge in [0.25, 0.3) is 0 Å². The molecule has 0 aromatic carbocycles. The first kappa shape index (κ1) is 20.9. The highest BCUT2D eigenvalue weighted by Crippen LogP contribution is 2.61. The third-order valence-electron chi connectivity index (χ3n) is 6.55. The van der Waals surface area contributed by atoms with Gasteiger partial charge in [-0.15, -0.1) is 0 Å². The van der Waals surface area contributed by atoms with E-state index < -0.39 is 23.1 Å². The molecular weight excluding hydrogens is 336 g/mol. The van der Waals surface area contributed by atoms with Gasteiger partial charge in [0.05, 0.1) is 6.61 Å². The lowest BCUT2D eigenvalue weighted by Gasteiger charge is -2.61. The second kappa shape index (κ2) is 6.95. The van der Waals surface area contributed by atoms with Crippen molar-refractivity contribution in [3.05, 3.63) is 0 Å². The van der Waals surface area contributed by atoms with Gasteiger partial charge >= 0.3 is 11.9 Å². The van der Waals surface area contributed by atoms with E-state index in [0.29, 0.717) is 6.42 Å². The molecule has 0 bridgehead atoms. The van der Waals surface area contributed by atoms with Gasteiger partial charge in [0.1, 0.15) is 5.60 Å². The third kappa shape index (κ3) is 3.53. The van der Waals surface area contributed by atoms with Crippen LogP contribution in [0.4, 0.5) is 0 Å². The maximum absolute atomic E-state index is 13.3. The van der Waals surface area contributed by atoms with Crippen molar-refractivity contribution in [1.82, 2.24) is 0 Å². The fourth-order valence-corrected chi connectivity index (χ4v) is 5.77. The molecule has 5 atom stereocenters. The maximum Gasteiger partial charge on any atom is 0.303 e. The van der Waals surface area contributed by atoms with Crippen molar-refractivity contribution < 1.29 is 29.0 Å². The number of ether oxygens (including phenoxy) is 2. The zero-order chi connectivity index (χ0) is 19.9. The predicted molar refractivity (Wildman–Crippen MR) is 95.2 cm³/mol. The van der Waals surface area contributed by atoms with E-state index in [4.69, 9.17) is 9.47 Å². The van der Waals surface area contributed by atoms with E-state index in [-0.39, 0.29) is 35.6 Å². The topological polar surface area (TPSA) is 89.9 Å². The number of aliphatic hydroxyl groups is 1. The van der Waals surface area contributed by atoms with E-state index in [1.165, 1.54) is 13.8 Å². The van der Waals surface area contributed by atoms with Crippen molar-refractivity contribution in [3.63, 3.8) is 0 Å². The van der Waals surface area contributed by atoms with Gasteiger partial charge in [0, 0.05) is 25.7 Å². The van der Waals surface area contributed by atoms with Gasteiger partial charge in [0.2, 0.25) is 0 Å². The Morgan fingerprint density at radius 1 is 1.12 bits per heavy atom. The molecule has 6 heteroatoms. The van der Waals surface area contributed by atoms with Crippen LogP contribution < -0.4 is 0 Å². The highest BCUT2D eigenvalue weighted by molar-refractivity contribution is 5.91. The summed E-state index contributed by atoms with van der Waals surface area (Å²) in [5.41, 5.74) is -2.21. The molecule has 0 aromatic rings. The van der Waals surface area contributed by atoms with E-state index in [1.54, 1.807) is 6.92 Å². The molecule has 26 heavy (non-hydrogen) atoms. The van der Waals surface area contributed by atoms with Gasteiger partial charge in [-0.25, -0.2) is 0 Å². The lowest BCUT2D eigenvalue weighted by molar-refractivity contribution is -0.223. The average molecular weight is 368 g/mol. The van der Waals surface area contributed by atoms with Crippen molar-refractivity contribution >= 4 is 17.7 Å². The fraction of sp³-hybridized carbons (Fsp3) is 0.850. The maximum atomic E-state index is 13.3. The summed E-state index contributed by atoms with van der Waals surface area (Å²) >= 11 is 0. The Labute approximate surface area is 155 Å². The van der Waals surface area contributed by atoms with E-state index in [0.717, 1.165) is 19.3 Å². The van der Waals surface area contributed by atoms with Crippen molar-refractivity contribution in [1.29, 1.82) is 0 Å². The first-order chi connectivity index (χ1) is 11.8. The summed E-state index contributed by atoms with van der Waals surface area (Å²) in [5, 5.41) is 11.3. The smallest absolute Gasteiger partial charge is 0.303 e.